The van der Waals surface area contributed by atoms with Gasteiger partial charge in [-0.3, -0.25) is 0 Å². The highest BCUT2D eigenvalue weighted by Gasteiger charge is 2.36. The van der Waals surface area contributed by atoms with Crippen LogP contribution in [0, 0.1) is 5.92 Å². The molecule has 0 spiro atoms. The Labute approximate surface area is 127 Å². The third-order valence-corrected chi connectivity index (χ3v) is 5.75. The zero-order valence-corrected chi connectivity index (χ0v) is 13.9. The summed E-state index contributed by atoms with van der Waals surface area (Å²) in [6, 6.07) is 3.51. The first kappa shape index (κ1) is 16.4. The lowest BCUT2D eigenvalue weighted by Gasteiger charge is -2.20. The third-order valence-electron chi connectivity index (χ3n) is 3.85. The molecule has 1 aliphatic heterocycles. The summed E-state index contributed by atoms with van der Waals surface area (Å²) in [7, 11) is -3.46. The number of sulfonamides is 1. The normalized spacial score (nSPS) is 23.6. The smallest absolute Gasteiger partial charge is 0.260 e. The van der Waals surface area contributed by atoms with E-state index in [1.54, 1.807) is 16.6 Å². The zero-order valence-electron chi connectivity index (χ0n) is 13.0. The lowest BCUT2D eigenvalue weighted by Crippen LogP contribution is -2.34. The molecule has 1 fully saturated rings. The Hall–Kier alpha value is -0.980. The van der Waals surface area contributed by atoms with Crippen LogP contribution in [0.2, 0.25) is 0 Å². The SMILES string of the molecule is CCCNCc1ccc(S(=O)(=O)N2CC(C)CC2C)nc1. The molecule has 2 rings (SSSR count). The number of rotatable bonds is 6. The molecular formula is C15H25N3O2S. The predicted octanol–water partition coefficient (Wildman–Crippen LogP) is 2.00. The van der Waals surface area contributed by atoms with Gasteiger partial charge in [-0.1, -0.05) is 19.9 Å². The maximum atomic E-state index is 12.6. The molecular weight excluding hydrogens is 286 g/mol. The number of nitrogens with zero attached hydrogens (tertiary/aromatic N) is 2. The minimum absolute atomic E-state index is 0.0534. The Bertz CT molecular complexity index is 557. The number of pyridine rings is 1. The summed E-state index contributed by atoms with van der Waals surface area (Å²) in [4.78, 5) is 4.16. The Morgan fingerprint density at radius 1 is 1.38 bits per heavy atom. The van der Waals surface area contributed by atoms with Crippen LogP contribution < -0.4 is 5.32 Å². The van der Waals surface area contributed by atoms with Crippen molar-refractivity contribution in [3.05, 3.63) is 23.9 Å². The molecule has 6 heteroatoms. The molecule has 21 heavy (non-hydrogen) atoms. The molecule has 1 saturated heterocycles. The Balaban J connectivity index is 2.10. The van der Waals surface area contributed by atoms with Crippen molar-refractivity contribution in [2.75, 3.05) is 13.1 Å². The number of hydrogen-bond acceptors (Lipinski definition) is 4. The van der Waals surface area contributed by atoms with E-state index in [0.717, 1.165) is 31.5 Å². The van der Waals surface area contributed by atoms with Gasteiger partial charge in [-0.15, -0.1) is 0 Å². The summed E-state index contributed by atoms with van der Waals surface area (Å²) in [6.45, 7) is 8.41. The van der Waals surface area contributed by atoms with E-state index in [1.165, 1.54) is 0 Å². The van der Waals surface area contributed by atoms with Gasteiger partial charge in [0.15, 0.2) is 5.03 Å². The van der Waals surface area contributed by atoms with Crippen molar-refractivity contribution in [1.29, 1.82) is 0 Å². The maximum Gasteiger partial charge on any atom is 0.260 e. The van der Waals surface area contributed by atoms with Crippen LogP contribution in [0.4, 0.5) is 0 Å². The fraction of sp³-hybridized carbons (Fsp3) is 0.667. The van der Waals surface area contributed by atoms with E-state index in [2.05, 4.69) is 24.1 Å². The fourth-order valence-electron chi connectivity index (χ4n) is 2.79. The van der Waals surface area contributed by atoms with E-state index in [4.69, 9.17) is 0 Å². The summed E-state index contributed by atoms with van der Waals surface area (Å²) in [5.74, 6) is 0.410. The zero-order chi connectivity index (χ0) is 15.5. The van der Waals surface area contributed by atoms with Crippen LogP contribution in [0.5, 0.6) is 0 Å². The summed E-state index contributed by atoms with van der Waals surface area (Å²) >= 11 is 0. The molecule has 1 aromatic rings. The van der Waals surface area contributed by atoms with Crippen molar-refractivity contribution in [2.24, 2.45) is 5.92 Å². The second-order valence-electron chi connectivity index (χ2n) is 5.95. The fourth-order valence-corrected chi connectivity index (χ4v) is 4.47. The maximum absolute atomic E-state index is 12.6. The lowest BCUT2D eigenvalue weighted by molar-refractivity contribution is 0.403. The largest absolute Gasteiger partial charge is 0.313 e. The molecule has 0 saturated carbocycles. The van der Waals surface area contributed by atoms with Gasteiger partial charge in [-0.05, 0) is 43.9 Å². The second kappa shape index (κ2) is 6.85. The number of hydrogen-bond donors (Lipinski definition) is 1. The Morgan fingerprint density at radius 3 is 2.67 bits per heavy atom. The summed E-state index contributed by atoms with van der Waals surface area (Å²) in [5, 5.41) is 3.43. The van der Waals surface area contributed by atoms with E-state index >= 15 is 0 Å². The lowest BCUT2D eigenvalue weighted by atomic mass is 10.1. The minimum Gasteiger partial charge on any atom is -0.313 e. The van der Waals surface area contributed by atoms with E-state index in [-0.39, 0.29) is 11.1 Å². The first-order valence-electron chi connectivity index (χ1n) is 7.62. The van der Waals surface area contributed by atoms with Gasteiger partial charge < -0.3 is 5.32 Å². The molecule has 1 aliphatic rings. The van der Waals surface area contributed by atoms with Crippen molar-refractivity contribution < 1.29 is 8.42 Å². The number of aromatic nitrogens is 1. The number of nitrogens with one attached hydrogen (secondary N) is 1. The monoisotopic (exact) mass is 311 g/mol. The highest BCUT2D eigenvalue weighted by molar-refractivity contribution is 7.89. The molecule has 0 aliphatic carbocycles. The van der Waals surface area contributed by atoms with Crippen molar-refractivity contribution in [2.45, 2.75) is 51.2 Å². The third kappa shape index (κ3) is 3.81. The van der Waals surface area contributed by atoms with Crippen LogP contribution in [-0.4, -0.2) is 36.8 Å². The van der Waals surface area contributed by atoms with Crippen LogP contribution in [0.1, 0.15) is 39.2 Å². The summed E-state index contributed by atoms with van der Waals surface area (Å²) in [6.07, 6.45) is 3.64. The van der Waals surface area contributed by atoms with E-state index in [0.29, 0.717) is 12.5 Å². The van der Waals surface area contributed by atoms with Gasteiger partial charge in [0, 0.05) is 25.3 Å². The van der Waals surface area contributed by atoms with Gasteiger partial charge in [0.05, 0.1) is 0 Å². The van der Waals surface area contributed by atoms with Crippen molar-refractivity contribution >= 4 is 10.0 Å². The van der Waals surface area contributed by atoms with Crippen LogP contribution in [0.3, 0.4) is 0 Å². The topological polar surface area (TPSA) is 62.3 Å². The standard InChI is InChI=1S/C15H25N3O2S/c1-4-7-16-9-14-5-6-15(17-10-14)21(19,20)18-11-12(2)8-13(18)3/h5-6,10,12-13,16H,4,7-9,11H2,1-3H3. The second-order valence-corrected chi connectivity index (χ2v) is 7.78. The van der Waals surface area contributed by atoms with Gasteiger partial charge in [0.2, 0.25) is 0 Å². The summed E-state index contributed by atoms with van der Waals surface area (Å²) in [5.41, 5.74) is 1.00. The van der Waals surface area contributed by atoms with E-state index < -0.39 is 10.0 Å². The van der Waals surface area contributed by atoms with Crippen LogP contribution in [0.15, 0.2) is 23.4 Å². The molecule has 118 valence electrons. The molecule has 1 N–H and O–H groups in total. The minimum atomic E-state index is -3.46. The first-order valence-corrected chi connectivity index (χ1v) is 9.06. The highest BCUT2D eigenvalue weighted by atomic mass is 32.2. The Kier molecular flexibility index (Phi) is 5.35. The predicted molar refractivity (Wildman–Crippen MR) is 83.4 cm³/mol. The van der Waals surface area contributed by atoms with Crippen LogP contribution in [-0.2, 0) is 16.6 Å². The molecule has 1 aromatic heterocycles. The van der Waals surface area contributed by atoms with Crippen LogP contribution >= 0.6 is 0 Å². The van der Waals surface area contributed by atoms with E-state index in [9.17, 15) is 8.42 Å². The van der Waals surface area contributed by atoms with Gasteiger partial charge >= 0.3 is 0 Å². The molecule has 5 nitrogen and oxygen atoms in total. The quantitative estimate of drug-likeness (QED) is 0.816. The van der Waals surface area contributed by atoms with Gasteiger partial charge in [0.25, 0.3) is 10.0 Å². The van der Waals surface area contributed by atoms with Gasteiger partial charge in [-0.25, -0.2) is 13.4 Å². The average Bonchev–Trinajstić information content (AvgIpc) is 2.79. The van der Waals surface area contributed by atoms with E-state index in [1.807, 2.05) is 13.0 Å². The van der Waals surface area contributed by atoms with Crippen molar-refractivity contribution in [3.8, 4) is 0 Å². The molecule has 0 amide bonds. The molecule has 2 heterocycles. The van der Waals surface area contributed by atoms with Gasteiger partial charge in [0.1, 0.15) is 0 Å². The average molecular weight is 311 g/mol. The molecule has 2 atom stereocenters. The molecule has 0 bridgehead atoms. The molecule has 2 unspecified atom stereocenters. The summed E-state index contributed by atoms with van der Waals surface area (Å²) < 4.78 is 26.8. The Morgan fingerprint density at radius 2 is 2.14 bits per heavy atom. The molecule has 0 aromatic carbocycles. The first-order chi connectivity index (χ1) is 9.95. The van der Waals surface area contributed by atoms with Crippen molar-refractivity contribution in [1.82, 2.24) is 14.6 Å². The molecule has 0 radical (unpaired) electrons. The van der Waals surface area contributed by atoms with Crippen molar-refractivity contribution in [3.63, 3.8) is 0 Å². The highest BCUT2D eigenvalue weighted by Crippen LogP contribution is 2.28. The van der Waals surface area contributed by atoms with Gasteiger partial charge in [-0.2, -0.15) is 4.31 Å². The van der Waals surface area contributed by atoms with Crippen LogP contribution in [0.25, 0.3) is 0 Å².